The molecular weight excluding hydrogens is 222 g/mol. The van der Waals surface area contributed by atoms with Crippen LogP contribution in [0.2, 0.25) is 0 Å². The molecule has 0 radical (unpaired) electrons. The lowest BCUT2D eigenvalue weighted by molar-refractivity contribution is -0.0462. The van der Waals surface area contributed by atoms with Gasteiger partial charge in [0.25, 0.3) is 0 Å². The van der Waals surface area contributed by atoms with Gasteiger partial charge >= 0.3 is 0 Å². The van der Waals surface area contributed by atoms with E-state index in [9.17, 15) is 5.11 Å². The van der Waals surface area contributed by atoms with Gasteiger partial charge in [0.1, 0.15) is 0 Å². The van der Waals surface area contributed by atoms with Gasteiger partial charge in [-0.05, 0) is 49.5 Å². The predicted molar refractivity (Wildman–Crippen MR) is 76.6 cm³/mol. The lowest BCUT2D eigenvalue weighted by Gasteiger charge is -2.43. The normalized spacial score (nSPS) is 37.7. The fourth-order valence-electron chi connectivity index (χ4n) is 3.94. The van der Waals surface area contributed by atoms with Gasteiger partial charge in [-0.3, -0.25) is 0 Å². The van der Waals surface area contributed by atoms with Crippen LogP contribution in [-0.2, 0) is 0 Å². The Morgan fingerprint density at radius 1 is 1.22 bits per heavy atom. The quantitative estimate of drug-likeness (QED) is 0.834. The lowest BCUT2D eigenvalue weighted by atomic mass is 9.69. The van der Waals surface area contributed by atoms with Crippen LogP contribution in [0, 0.1) is 17.3 Å². The molecule has 0 aromatic carbocycles. The average molecular weight is 253 g/mol. The second-order valence-corrected chi connectivity index (χ2v) is 7.26. The highest BCUT2D eigenvalue weighted by Crippen LogP contribution is 2.39. The molecule has 2 aliphatic rings. The van der Waals surface area contributed by atoms with E-state index in [0.717, 1.165) is 12.5 Å². The largest absolute Gasteiger partial charge is 0.392 e. The van der Waals surface area contributed by atoms with Crippen molar-refractivity contribution in [1.29, 1.82) is 0 Å². The van der Waals surface area contributed by atoms with Crippen LogP contribution in [0.4, 0.5) is 0 Å². The molecule has 2 fully saturated rings. The van der Waals surface area contributed by atoms with E-state index >= 15 is 0 Å². The van der Waals surface area contributed by atoms with Crippen molar-refractivity contribution >= 4 is 0 Å². The molecule has 2 nitrogen and oxygen atoms in total. The first-order valence-corrected chi connectivity index (χ1v) is 7.93. The van der Waals surface area contributed by atoms with Gasteiger partial charge < -0.3 is 10.0 Å². The summed E-state index contributed by atoms with van der Waals surface area (Å²) in [5.74, 6) is 1.40. The van der Waals surface area contributed by atoms with E-state index in [2.05, 4.69) is 25.7 Å². The molecule has 1 heterocycles. The summed E-state index contributed by atoms with van der Waals surface area (Å²) in [7, 11) is 0. The number of likely N-dealkylation sites (tertiary alicyclic amines) is 1. The molecule has 1 saturated heterocycles. The highest BCUT2D eigenvalue weighted by molar-refractivity contribution is 4.90. The van der Waals surface area contributed by atoms with Crippen molar-refractivity contribution in [2.45, 2.75) is 65.4 Å². The smallest absolute Gasteiger partial charge is 0.0631 e. The van der Waals surface area contributed by atoms with Crippen LogP contribution in [0.3, 0.4) is 0 Å². The summed E-state index contributed by atoms with van der Waals surface area (Å²) in [6.07, 6.45) is 7.67. The van der Waals surface area contributed by atoms with Crippen LogP contribution in [0.1, 0.15) is 59.3 Å². The minimum absolute atomic E-state index is 0.103. The molecule has 0 amide bonds. The molecule has 1 N–H and O–H groups in total. The maximum absolute atomic E-state index is 10.5. The Bertz CT molecular complexity index is 264. The van der Waals surface area contributed by atoms with E-state index in [4.69, 9.17) is 0 Å². The van der Waals surface area contributed by atoms with Crippen LogP contribution in [-0.4, -0.2) is 35.7 Å². The Labute approximate surface area is 113 Å². The number of aliphatic hydroxyl groups excluding tert-OH is 1. The summed E-state index contributed by atoms with van der Waals surface area (Å²) in [6.45, 7) is 10.4. The molecule has 2 rings (SSSR count). The van der Waals surface area contributed by atoms with Gasteiger partial charge in [0.05, 0.1) is 6.10 Å². The zero-order chi connectivity index (χ0) is 13.2. The molecule has 18 heavy (non-hydrogen) atoms. The van der Waals surface area contributed by atoms with Crippen LogP contribution in [0.25, 0.3) is 0 Å². The Balaban J connectivity index is 1.88. The van der Waals surface area contributed by atoms with E-state index < -0.39 is 0 Å². The highest BCUT2D eigenvalue weighted by atomic mass is 16.3. The van der Waals surface area contributed by atoms with Gasteiger partial charge in [-0.2, -0.15) is 0 Å². The summed E-state index contributed by atoms with van der Waals surface area (Å²) >= 11 is 0. The van der Waals surface area contributed by atoms with Gasteiger partial charge in [-0.1, -0.05) is 33.6 Å². The SMILES string of the molecule is CCC1CCCN(CC2CCCC(C)(C)C2O)C1. The molecule has 1 aliphatic heterocycles. The predicted octanol–water partition coefficient (Wildman–Crippen LogP) is 3.30. The molecule has 0 spiro atoms. The molecule has 2 heteroatoms. The molecule has 3 atom stereocenters. The maximum atomic E-state index is 10.5. The fourth-order valence-corrected chi connectivity index (χ4v) is 3.94. The molecule has 1 saturated carbocycles. The summed E-state index contributed by atoms with van der Waals surface area (Å²) in [5.41, 5.74) is 0.128. The second kappa shape index (κ2) is 5.92. The average Bonchev–Trinajstić information content (AvgIpc) is 2.35. The molecule has 0 aromatic heterocycles. The van der Waals surface area contributed by atoms with Crippen LogP contribution >= 0.6 is 0 Å². The second-order valence-electron chi connectivity index (χ2n) is 7.26. The Morgan fingerprint density at radius 2 is 2.00 bits per heavy atom. The molecule has 106 valence electrons. The molecule has 0 bridgehead atoms. The zero-order valence-corrected chi connectivity index (χ0v) is 12.5. The van der Waals surface area contributed by atoms with Crippen molar-refractivity contribution < 1.29 is 5.11 Å². The third-order valence-electron chi connectivity index (χ3n) is 5.32. The number of hydrogen-bond donors (Lipinski definition) is 1. The first-order chi connectivity index (χ1) is 8.53. The monoisotopic (exact) mass is 253 g/mol. The Kier molecular flexibility index (Phi) is 4.71. The first kappa shape index (κ1) is 14.3. The molecule has 3 unspecified atom stereocenters. The minimum Gasteiger partial charge on any atom is -0.392 e. The highest BCUT2D eigenvalue weighted by Gasteiger charge is 2.38. The van der Waals surface area contributed by atoms with Gasteiger partial charge in [0.2, 0.25) is 0 Å². The topological polar surface area (TPSA) is 23.5 Å². The van der Waals surface area contributed by atoms with Crippen molar-refractivity contribution in [2.75, 3.05) is 19.6 Å². The van der Waals surface area contributed by atoms with Crippen LogP contribution in [0.5, 0.6) is 0 Å². The van der Waals surface area contributed by atoms with Gasteiger partial charge in [-0.15, -0.1) is 0 Å². The van der Waals surface area contributed by atoms with E-state index in [1.54, 1.807) is 0 Å². The van der Waals surface area contributed by atoms with E-state index in [-0.39, 0.29) is 11.5 Å². The van der Waals surface area contributed by atoms with Crippen LogP contribution in [0.15, 0.2) is 0 Å². The van der Waals surface area contributed by atoms with Gasteiger partial charge in [0.15, 0.2) is 0 Å². The van der Waals surface area contributed by atoms with E-state index in [1.165, 1.54) is 51.6 Å². The van der Waals surface area contributed by atoms with Crippen LogP contribution < -0.4 is 0 Å². The van der Waals surface area contributed by atoms with Crippen molar-refractivity contribution in [1.82, 2.24) is 4.90 Å². The number of aliphatic hydroxyl groups is 1. The maximum Gasteiger partial charge on any atom is 0.0631 e. The number of hydrogen-bond acceptors (Lipinski definition) is 2. The van der Waals surface area contributed by atoms with E-state index in [1.807, 2.05) is 0 Å². The minimum atomic E-state index is -0.103. The standard InChI is InChI=1S/C16H31NO/c1-4-13-7-6-10-17(11-13)12-14-8-5-9-16(2,3)15(14)18/h13-15,18H,4-12H2,1-3H3. The number of nitrogens with zero attached hydrogens (tertiary/aromatic N) is 1. The zero-order valence-electron chi connectivity index (χ0n) is 12.5. The third kappa shape index (κ3) is 3.27. The van der Waals surface area contributed by atoms with E-state index in [0.29, 0.717) is 5.92 Å². The van der Waals surface area contributed by atoms with Crippen molar-refractivity contribution in [3.05, 3.63) is 0 Å². The summed E-state index contributed by atoms with van der Waals surface area (Å²) in [5, 5.41) is 10.5. The summed E-state index contributed by atoms with van der Waals surface area (Å²) in [6, 6.07) is 0. The Hall–Kier alpha value is -0.0800. The third-order valence-corrected chi connectivity index (χ3v) is 5.32. The summed E-state index contributed by atoms with van der Waals surface area (Å²) < 4.78 is 0. The van der Waals surface area contributed by atoms with Crippen molar-refractivity contribution in [2.24, 2.45) is 17.3 Å². The Morgan fingerprint density at radius 3 is 2.72 bits per heavy atom. The van der Waals surface area contributed by atoms with Gasteiger partial charge in [-0.25, -0.2) is 0 Å². The van der Waals surface area contributed by atoms with Crippen molar-refractivity contribution in [3.8, 4) is 0 Å². The van der Waals surface area contributed by atoms with Crippen molar-refractivity contribution in [3.63, 3.8) is 0 Å². The fraction of sp³-hybridized carbons (Fsp3) is 1.00. The lowest BCUT2D eigenvalue weighted by Crippen LogP contribution is -2.47. The number of rotatable bonds is 3. The molecule has 1 aliphatic carbocycles. The summed E-state index contributed by atoms with van der Waals surface area (Å²) in [4.78, 5) is 2.62. The number of piperidine rings is 1. The van der Waals surface area contributed by atoms with Gasteiger partial charge in [0, 0.05) is 13.1 Å². The first-order valence-electron chi connectivity index (χ1n) is 7.93. The molecule has 0 aromatic rings. The molecular formula is C16H31NO.